The van der Waals surface area contributed by atoms with Crippen molar-refractivity contribution in [1.29, 1.82) is 5.26 Å². The monoisotopic (exact) mass is 282 g/mol. The fourth-order valence-corrected chi connectivity index (χ4v) is 2.66. The van der Waals surface area contributed by atoms with Gasteiger partial charge in [-0.2, -0.15) is 10.4 Å². The van der Waals surface area contributed by atoms with Crippen molar-refractivity contribution in [3.05, 3.63) is 30.4 Å². The van der Waals surface area contributed by atoms with Crippen LogP contribution >= 0.6 is 0 Å². The first kappa shape index (κ1) is 13.6. The summed E-state index contributed by atoms with van der Waals surface area (Å²) in [6, 6.07) is 2.75. The van der Waals surface area contributed by atoms with Gasteiger partial charge in [-0.25, -0.2) is 9.97 Å². The van der Waals surface area contributed by atoms with Gasteiger partial charge in [0.1, 0.15) is 0 Å². The molecule has 1 N–H and O–H groups in total. The number of aromatic nitrogens is 4. The fourth-order valence-electron chi connectivity index (χ4n) is 2.66. The Kier molecular flexibility index (Phi) is 3.82. The zero-order chi connectivity index (χ0) is 14.7. The van der Waals surface area contributed by atoms with E-state index >= 15 is 0 Å². The van der Waals surface area contributed by atoms with Crippen LogP contribution in [0.5, 0.6) is 0 Å². The predicted molar refractivity (Wildman–Crippen MR) is 78.9 cm³/mol. The van der Waals surface area contributed by atoms with E-state index in [9.17, 15) is 0 Å². The van der Waals surface area contributed by atoms with E-state index < -0.39 is 0 Å². The Balaban J connectivity index is 1.64. The van der Waals surface area contributed by atoms with Crippen LogP contribution in [-0.2, 0) is 0 Å². The van der Waals surface area contributed by atoms with Gasteiger partial charge >= 0.3 is 0 Å². The van der Waals surface area contributed by atoms with Crippen LogP contribution in [0.15, 0.2) is 24.8 Å². The standard InChI is InChI=1S/C15H18N6/c1-11-7-17-15(18-8-11)20-13-9-19-21(10-13)14-4-2-12(6-16)3-5-14/h7-10,12,14H,2-5H2,1H3,(H,17,18,20). The zero-order valence-electron chi connectivity index (χ0n) is 12.0. The lowest BCUT2D eigenvalue weighted by Crippen LogP contribution is -2.17. The summed E-state index contributed by atoms with van der Waals surface area (Å²) in [6.07, 6.45) is 11.3. The van der Waals surface area contributed by atoms with E-state index in [-0.39, 0.29) is 5.92 Å². The molecule has 21 heavy (non-hydrogen) atoms. The second-order valence-corrected chi connectivity index (χ2v) is 5.55. The molecule has 1 fully saturated rings. The summed E-state index contributed by atoms with van der Waals surface area (Å²) in [5, 5.41) is 16.5. The summed E-state index contributed by atoms with van der Waals surface area (Å²) < 4.78 is 1.99. The molecular weight excluding hydrogens is 264 g/mol. The Morgan fingerprint density at radius 1 is 1.19 bits per heavy atom. The van der Waals surface area contributed by atoms with Crippen LogP contribution in [-0.4, -0.2) is 19.7 Å². The van der Waals surface area contributed by atoms with Crippen molar-refractivity contribution in [1.82, 2.24) is 19.7 Å². The maximum atomic E-state index is 8.94. The summed E-state index contributed by atoms with van der Waals surface area (Å²) in [4.78, 5) is 8.44. The van der Waals surface area contributed by atoms with Gasteiger partial charge in [-0.05, 0) is 38.2 Å². The minimum absolute atomic E-state index is 0.218. The molecule has 0 unspecified atom stereocenters. The molecule has 2 aromatic rings. The topological polar surface area (TPSA) is 79.4 Å². The van der Waals surface area contributed by atoms with E-state index in [1.165, 1.54) is 0 Å². The van der Waals surface area contributed by atoms with Gasteiger partial charge in [0.05, 0.1) is 24.0 Å². The molecule has 2 aromatic heterocycles. The van der Waals surface area contributed by atoms with E-state index in [1.807, 2.05) is 17.8 Å². The highest BCUT2D eigenvalue weighted by Gasteiger charge is 2.22. The summed E-state index contributed by atoms with van der Waals surface area (Å²) in [6.45, 7) is 1.96. The molecule has 0 amide bonds. The van der Waals surface area contributed by atoms with Crippen LogP contribution in [0.1, 0.15) is 37.3 Å². The molecule has 6 nitrogen and oxygen atoms in total. The van der Waals surface area contributed by atoms with Gasteiger partial charge < -0.3 is 5.32 Å². The normalized spacial score (nSPS) is 21.7. The minimum atomic E-state index is 0.218. The van der Waals surface area contributed by atoms with Gasteiger partial charge in [0.25, 0.3) is 0 Å². The van der Waals surface area contributed by atoms with Crippen molar-refractivity contribution in [2.24, 2.45) is 5.92 Å². The summed E-state index contributed by atoms with van der Waals surface area (Å²) in [7, 11) is 0. The van der Waals surface area contributed by atoms with Crippen molar-refractivity contribution in [3.63, 3.8) is 0 Å². The number of hydrogen-bond acceptors (Lipinski definition) is 5. The Labute approximate surface area is 123 Å². The van der Waals surface area contributed by atoms with Gasteiger partial charge in [0.15, 0.2) is 0 Å². The first-order valence-corrected chi connectivity index (χ1v) is 7.24. The molecule has 2 heterocycles. The summed E-state index contributed by atoms with van der Waals surface area (Å²) >= 11 is 0. The van der Waals surface area contributed by atoms with E-state index in [0.717, 1.165) is 36.9 Å². The predicted octanol–water partition coefficient (Wildman–Crippen LogP) is 2.98. The molecule has 1 aliphatic rings. The quantitative estimate of drug-likeness (QED) is 0.936. The van der Waals surface area contributed by atoms with Crippen LogP contribution in [0, 0.1) is 24.2 Å². The average molecular weight is 282 g/mol. The average Bonchev–Trinajstić information content (AvgIpc) is 2.98. The van der Waals surface area contributed by atoms with Crippen molar-refractivity contribution in [2.45, 2.75) is 38.6 Å². The number of aryl methyl sites for hydroxylation is 1. The third kappa shape index (κ3) is 3.19. The van der Waals surface area contributed by atoms with E-state index in [2.05, 4.69) is 26.5 Å². The number of nitrogens with one attached hydrogen (secondary N) is 1. The van der Waals surface area contributed by atoms with Crippen LogP contribution in [0.2, 0.25) is 0 Å². The maximum absolute atomic E-state index is 8.94. The second-order valence-electron chi connectivity index (χ2n) is 5.55. The number of hydrogen-bond donors (Lipinski definition) is 1. The molecule has 6 heteroatoms. The van der Waals surface area contributed by atoms with Crippen LogP contribution < -0.4 is 5.32 Å². The summed E-state index contributed by atoms with van der Waals surface area (Å²) in [5.74, 6) is 0.795. The van der Waals surface area contributed by atoms with E-state index in [1.54, 1.807) is 18.6 Å². The lowest BCUT2D eigenvalue weighted by molar-refractivity contribution is 0.294. The molecule has 0 atom stereocenters. The van der Waals surface area contributed by atoms with Crippen molar-refractivity contribution in [3.8, 4) is 6.07 Å². The van der Waals surface area contributed by atoms with Crippen molar-refractivity contribution >= 4 is 11.6 Å². The van der Waals surface area contributed by atoms with Crippen LogP contribution in [0.25, 0.3) is 0 Å². The fraction of sp³-hybridized carbons (Fsp3) is 0.467. The first-order chi connectivity index (χ1) is 10.2. The molecular formula is C15H18N6. The zero-order valence-corrected chi connectivity index (χ0v) is 12.0. The molecule has 3 rings (SSSR count). The molecule has 0 spiro atoms. The SMILES string of the molecule is Cc1cnc(Nc2cnn(C3CCC(C#N)CC3)c2)nc1. The van der Waals surface area contributed by atoms with Gasteiger partial charge in [0, 0.05) is 24.5 Å². The molecule has 0 bridgehead atoms. The van der Waals surface area contributed by atoms with Crippen LogP contribution in [0.3, 0.4) is 0 Å². The number of nitriles is 1. The van der Waals surface area contributed by atoms with Gasteiger partial charge in [-0.15, -0.1) is 0 Å². The molecule has 0 saturated heterocycles. The molecule has 108 valence electrons. The van der Waals surface area contributed by atoms with Crippen molar-refractivity contribution < 1.29 is 0 Å². The Morgan fingerprint density at radius 2 is 1.90 bits per heavy atom. The molecule has 1 aliphatic carbocycles. The van der Waals surface area contributed by atoms with Gasteiger partial charge in [-0.1, -0.05) is 0 Å². The lowest BCUT2D eigenvalue weighted by atomic mass is 9.87. The second kappa shape index (κ2) is 5.92. The smallest absolute Gasteiger partial charge is 0.227 e. The van der Waals surface area contributed by atoms with E-state index in [4.69, 9.17) is 5.26 Å². The molecule has 0 aliphatic heterocycles. The maximum Gasteiger partial charge on any atom is 0.227 e. The highest BCUT2D eigenvalue weighted by molar-refractivity contribution is 5.50. The van der Waals surface area contributed by atoms with Crippen molar-refractivity contribution in [2.75, 3.05) is 5.32 Å². The Hall–Kier alpha value is -2.42. The number of rotatable bonds is 3. The van der Waals surface area contributed by atoms with Gasteiger partial charge in [-0.3, -0.25) is 4.68 Å². The summed E-state index contributed by atoms with van der Waals surface area (Å²) in [5.41, 5.74) is 1.92. The highest BCUT2D eigenvalue weighted by Crippen LogP contribution is 2.31. The third-order valence-electron chi connectivity index (χ3n) is 3.89. The number of anilines is 2. The van der Waals surface area contributed by atoms with Crippen LogP contribution in [0.4, 0.5) is 11.6 Å². The van der Waals surface area contributed by atoms with Gasteiger partial charge in [0.2, 0.25) is 5.95 Å². The Bertz CT molecular complexity index is 631. The number of nitrogens with zero attached hydrogens (tertiary/aromatic N) is 5. The highest BCUT2D eigenvalue weighted by atomic mass is 15.3. The first-order valence-electron chi connectivity index (χ1n) is 7.24. The largest absolute Gasteiger partial charge is 0.321 e. The molecule has 1 saturated carbocycles. The third-order valence-corrected chi connectivity index (χ3v) is 3.89. The van der Waals surface area contributed by atoms with E-state index in [0.29, 0.717) is 12.0 Å². The molecule has 0 aromatic carbocycles. The Morgan fingerprint density at radius 3 is 2.57 bits per heavy atom. The lowest BCUT2D eigenvalue weighted by Gasteiger charge is -2.24. The molecule has 0 radical (unpaired) electrons. The minimum Gasteiger partial charge on any atom is -0.321 e.